The topological polar surface area (TPSA) is 20.3 Å². The molecule has 1 aliphatic rings. The fraction of sp³-hybridized carbons (Fsp3) is 0.444. The molecule has 0 spiro atoms. The van der Waals surface area contributed by atoms with Crippen molar-refractivity contribution in [2.45, 2.75) is 11.2 Å². The van der Waals surface area contributed by atoms with Crippen LogP contribution in [0.5, 0.6) is 0 Å². The molecule has 4 heteroatoms. The Kier molecular flexibility index (Phi) is 2.69. The highest BCUT2D eigenvalue weighted by Crippen LogP contribution is 2.20. The maximum atomic E-state index is 11.8. The zero-order valence-electron chi connectivity index (χ0n) is 7.07. The van der Waals surface area contributed by atoms with Gasteiger partial charge in [0.15, 0.2) is 0 Å². The number of carbonyl (C=O) groups is 1. The van der Waals surface area contributed by atoms with Gasteiger partial charge < -0.3 is 4.90 Å². The number of amides is 1. The maximum Gasteiger partial charge on any atom is 0.263 e. The molecule has 13 heavy (non-hydrogen) atoms. The average molecular weight is 260 g/mol. The SMILES string of the molecule is O=C(c1cccs1)N1CCC(Br)C1. The van der Waals surface area contributed by atoms with Crippen LogP contribution in [-0.2, 0) is 0 Å². The number of hydrogen-bond donors (Lipinski definition) is 0. The number of likely N-dealkylation sites (tertiary alicyclic amines) is 1. The second-order valence-electron chi connectivity index (χ2n) is 3.11. The van der Waals surface area contributed by atoms with Gasteiger partial charge in [-0.25, -0.2) is 0 Å². The van der Waals surface area contributed by atoms with E-state index in [4.69, 9.17) is 0 Å². The van der Waals surface area contributed by atoms with E-state index in [1.165, 1.54) is 11.3 Å². The van der Waals surface area contributed by atoms with Crippen molar-refractivity contribution >= 4 is 33.2 Å². The third-order valence-corrected chi connectivity index (χ3v) is 3.76. The summed E-state index contributed by atoms with van der Waals surface area (Å²) < 4.78 is 0. The summed E-state index contributed by atoms with van der Waals surface area (Å²) in [5.41, 5.74) is 0. The summed E-state index contributed by atoms with van der Waals surface area (Å²) in [5.74, 6) is 0.178. The van der Waals surface area contributed by atoms with Crippen molar-refractivity contribution in [3.05, 3.63) is 22.4 Å². The predicted octanol–water partition coefficient (Wildman–Crippen LogP) is 2.36. The molecule has 1 aromatic rings. The fourth-order valence-electron chi connectivity index (χ4n) is 1.46. The lowest BCUT2D eigenvalue weighted by Gasteiger charge is -2.13. The molecule has 2 rings (SSSR count). The van der Waals surface area contributed by atoms with E-state index < -0.39 is 0 Å². The molecule has 1 saturated heterocycles. The highest BCUT2D eigenvalue weighted by molar-refractivity contribution is 9.09. The lowest BCUT2D eigenvalue weighted by molar-refractivity contribution is 0.0798. The molecule has 1 fully saturated rings. The van der Waals surface area contributed by atoms with Crippen molar-refractivity contribution in [2.75, 3.05) is 13.1 Å². The number of rotatable bonds is 1. The molecule has 0 N–H and O–H groups in total. The lowest BCUT2D eigenvalue weighted by Crippen LogP contribution is -2.27. The normalized spacial score (nSPS) is 22.2. The van der Waals surface area contributed by atoms with Gasteiger partial charge in [0, 0.05) is 17.9 Å². The molecule has 0 aromatic carbocycles. The third kappa shape index (κ3) is 1.94. The van der Waals surface area contributed by atoms with E-state index in [1.807, 2.05) is 22.4 Å². The molecule has 70 valence electrons. The molecular formula is C9H10BrNOS. The Bertz CT molecular complexity index is 299. The molecule has 2 nitrogen and oxygen atoms in total. The molecule has 1 aromatic heterocycles. The van der Waals surface area contributed by atoms with Crippen molar-refractivity contribution in [1.82, 2.24) is 4.90 Å². The van der Waals surface area contributed by atoms with Gasteiger partial charge in [0.1, 0.15) is 0 Å². The monoisotopic (exact) mass is 259 g/mol. The van der Waals surface area contributed by atoms with Gasteiger partial charge in [-0.3, -0.25) is 4.79 Å². The van der Waals surface area contributed by atoms with Gasteiger partial charge in [-0.1, -0.05) is 22.0 Å². The molecule has 1 unspecified atom stereocenters. The Morgan fingerprint density at radius 1 is 1.69 bits per heavy atom. The highest BCUT2D eigenvalue weighted by atomic mass is 79.9. The maximum absolute atomic E-state index is 11.8. The number of alkyl halides is 1. The largest absolute Gasteiger partial charge is 0.337 e. The van der Waals surface area contributed by atoms with Crippen molar-refractivity contribution in [3.8, 4) is 0 Å². The van der Waals surface area contributed by atoms with Gasteiger partial charge >= 0.3 is 0 Å². The van der Waals surface area contributed by atoms with Gasteiger partial charge in [0.2, 0.25) is 0 Å². The zero-order chi connectivity index (χ0) is 9.26. The molecular weight excluding hydrogens is 250 g/mol. The van der Waals surface area contributed by atoms with E-state index in [-0.39, 0.29) is 5.91 Å². The number of carbonyl (C=O) groups excluding carboxylic acids is 1. The van der Waals surface area contributed by atoms with Gasteiger partial charge in [0.25, 0.3) is 5.91 Å². The van der Waals surface area contributed by atoms with E-state index >= 15 is 0 Å². The molecule has 1 atom stereocenters. The van der Waals surface area contributed by atoms with Crippen LogP contribution in [0.15, 0.2) is 17.5 Å². The van der Waals surface area contributed by atoms with Crippen LogP contribution >= 0.6 is 27.3 Å². The summed E-state index contributed by atoms with van der Waals surface area (Å²) in [6.07, 6.45) is 1.07. The number of hydrogen-bond acceptors (Lipinski definition) is 2. The first-order valence-corrected chi connectivity index (χ1v) is 6.04. The minimum Gasteiger partial charge on any atom is -0.337 e. The van der Waals surface area contributed by atoms with E-state index in [1.54, 1.807) is 0 Å². The van der Waals surface area contributed by atoms with E-state index in [0.29, 0.717) is 4.83 Å². The molecule has 1 aliphatic heterocycles. The second-order valence-corrected chi connectivity index (χ2v) is 5.36. The molecule has 0 radical (unpaired) electrons. The predicted molar refractivity (Wildman–Crippen MR) is 57.6 cm³/mol. The number of nitrogens with zero attached hydrogens (tertiary/aromatic N) is 1. The van der Waals surface area contributed by atoms with Gasteiger partial charge in [-0.15, -0.1) is 11.3 Å². The van der Waals surface area contributed by atoms with Crippen molar-refractivity contribution < 1.29 is 4.79 Å². The minimum absolute atomic E-state index is 0.178. The summed E-state index contributed by atoms with van der Waals surface area (Å²) >= 11 is 5.03. The van der Waals surface area contributed by atoms with Crippen LogP contribution < -0.4 is 0 Å². The molecule has 0 aliphatic carbocycles. The summed E-state index contributed by atoms with van der Waals surface area (Å²) in [4.78, 5) is 15.0. The highest BCUT2D eigenvalue weighted by Gasteiger charge is 2.25. The van der Waals surface area contributed by atoms with Gasteiger partial charge in [0.05, 0.1) is 4.88 Å². The zero-order valence-corrected chi connectivity index (χ0v) is 9.47. The standard InChI is InChI=1S/C9H10BrNOS/c10-7-3-4-11(6-7)9(12)8-2-1-5-13-8/h1-2,5,7H,3-4,6H2. The Balaban J connectivity index is 2.06. The summed E-state index contributed by atoms with van der Waals surface area (Å²) in [6.45, 7) is 1.73. The number of thiophene rings is 1. The second kappa shape index (κ2) is 3.80. The number of halogens is 1. The van der Waals surface area contributed by atoms with Gasteiger partial charge in [-0.05, 0) is 17.9 Å². The van der Waals surface area contributed by atoms with Crippen LogP contribution in [-0.4, -0.2) is 28.7 Å². The van der Waals surface area contributed by atoms with E-state index in [0.717, 1.165) is 24.4 Å². The van der Waals surface area contributed by atoms with Crippen LogP contribution in [0, 0.1) is 0 Å². The van der Waals surface area contributed by atoms with E-state index in [2.05, 4.69) is 15.9 Å². The van der Waals surface area contributed by atoms with Crippen LogP contribution in [0.2, 0.25) is 0 Å². The summed E-state index contributed by atoms with van der Waals surface area (Å²) in [7, 11) is 0. The molecule has 0 bridgehead atoms. The van der Waals surface area contributed by atoms with Crippen LogP contribution in [0.25, 0.3) is 0 Å². The van der Waals surface area contributed by atoms with Gasteiger partial charge in [-0.2, -0.15) is 0 Å². The van der Waals surface area contributed by atoms with Crippen molar-refractivity contribution in [1.29, 1.82) is 0 Å². The van der Waals surface area contributed by atoms with Crippen molar-refractivity contribution in [3.63, 3.8) is 0 Å². The average Bonchev–Trinajstić information content (AvgIpc) is 2.72. The molecule has 1 amide bonds. The fourth-order valence-corrected chi connectivity index (χ4v) is 2.70. The smallest absolute Gasteiger partial charge is 0.263 e. The lowest BCUT2D eigenvalue weighted by atomic mass is 10.4. The Morgan fingerprint density at radius 2 is 2.54 bits per heavy atom. The first-order chi connectivity index (χ1) is 6.27. The quantitative estimate of drug-likeness (QED) is 0.710. The van der Waals surface area contributed by atoms with E-state index in [9.17, 15) is 4.79 Å². The van der Waals surface area contributed by atoms with Crippen LogP contribution in [0.1, 0.15) is 16.1 Å². The molecule has 0 saturated carbocycles. The minimum atomic E-state index is 0.178. The van der Waals surface area contributed by atoms with Crippen LogP contribution in [0.4, 0.5) is 0 Å². The summed E-state index contributed by atoms with van der Waals surface area (Å²) in [6, 6.07) is 3.80. The summed E-state index contributed by atoms with van der Waals surface area (Å²) in [5, 5.41) is 1.94. The first kappa shape index (κ1) is 9.21. The Labute approximate surface area is 89.7 Å². The van der Waals surface area contributed by atoms with Crippen molar-refractivity contribution in [2.24, 2.45) is 0 Å². The Hall–Kier alpha value is -0.350. The third-order valence-electron chi connectivity index (χ3n) is 2.15. The first-order valence-electron chi connectivity index (χ1n) is 4.24. The van der Waals surface area contributed by atoms with Crippen LogP contribution in [0.3, 0.4) is 0 Å². The molecule has 2 heterocycles. The Morgan fingerprint density at radius 3 is 3.08 bits per heavy atom.